The van der Waals surface area contributed by atoms with E-state index >= 15 is 0 Å². The molecule has 0 radical (unpaired) electrons. The minimum Gasteiger partial charge on any atom is -0.506 e. The number of aromatic nitrogens is 1. The number of rotatable bonds is 7. The first kappa shape index (κ1) is 28.4. The average molecular weight is 713 g/mol. The molecule has 0 saturated carbocycles. The summed E-state index contributed by atoms with van der Waals surface area (Å²) in [5, 5.41) is 10.1. The SMILES string of the molecule is CCOC(=O)C1=C(C)N=c2s/c(=C\c3cc(Br)c(O)c(I)c3)c(=O)n2[C@H]1c1ccc(OC(C)C)c(OC)c1. The van der Waals surface area contributed by atoms with Crippen molar-refractivity contribution in [1.82, 2.24) is 4.57 Å². The first-order valence-corrected chi connectivity index (χ1v) is 14.5. The van der Waals surface area contributed by atoms with E-state index in [1.54, 1.807) is 51.3 Å². The summed E-state index contributed by atoms with van der Waals surface area (Å²) in [7, 11) is 1.54. The molecular formula is C27H26BrIN2O6S. The van der Waals surface area contributed by atoms with Crippen LogP contribution in [-0.4, -0.2) is 35.5 Å². The van der Waals surface area contributed by atoms with Gasteiger partial charge in [0.15, 0.2) is 16.3 Å². The number of esters is 1. The summed E-state index contributed by atoms with van der Waals surface area (Å²) in [6.45, 7) is 7.50. The second-order valence-electron chi connectivity index (χ2n) is 8.71. The molecule has 1 atom stereocenters. The summed E-state index contributed by atoms with van der Waals surface area (Å²) in [4.78, 5) is 32.0. The number of halogens is 2. The van der Waals surface area contributed by atoms with Gasteiger partial charge >= 0.3 is 5.97 Å². The molecule has 1 N–H and O–H groups in total. The standard InChI is InChI=1S/C27H26BrIN2O6S/c1-6-36-26(34)22-14(4)30-27-31(23(22)16-7-8-19(37-13(2)3)20(12-16)35-5)25(33)21(38-27)11-15-9-17(28)24(32)18(29)10-15/h7-13,23,32H,6H2,1-5H3/b21-11-/t23-/m0/s1. The van der Waals surface area contributed by atoms with Gasteiger partial charge in [0, 0.05) is 0 Å². The number of thiazole rings is 1. The van der Waals surface area contributed by atoms with Gasteiger partial charge in [0.1, 0.15) is 5.75 Å². The first-order chi connectivity index (χ1) is 18.0. The number of hydrogen-bond donors (Lipinski definition) is 1. The molecule has 1 aliphatic heterocycles. The number of phenolic OH excluding ortho intramolecular Hbond substituents is 1. The number of fused-ring (bicyclic) bond motifs is 1. The minimum atomic E-state index is -0.777. The Hall–Kier alpha value is -2.64. The lowest BCUT2D eigenvalue weighted by Crippen LogP contribution is -2.40. The highest BCUT2D eigenvalue weighted by molar-refractivity contribution is 14.1. The number of ether oxygens (including phenoxy) is 3. The smallest absolute Gasteiger partial charge is 0.338 e. The van der Waals surface area contributed by atoms with Crippen LogP contribution >= 0.6 is 49.9 Å². The highest BCUT2D eigenvalue weighted by Crippen LogP contribution is 2.36. The average Bonchev–Trinajstić information content (AvgIpc) is 3.15. The lowest BCUT2D eigenvalue weighted by molar-refractivity contribution is -0.139. The minimum absolute atomic E-state index is 0.0624. The maximum Gasteiger partial charge on any atom is 0.338 e. The molecule has 0 fully saturated rings. The Morgan fingerprint density at radius 2 is 2.03 bits per heavy atom. The van der Waals surface area contributed by atoms with Crippen LogP contribution in [0.5, 0.6) is 17.2 Å². The van der Waals surface area contributed by atoms with Crippen molar-refractivity contribution in [1.29, 1.82) is 0 Å². The van der Waals surface area contributed by atoms with Crippen LogP contribution in [0.15, 0.2) is 55.9 Å². The Balaban J connectivity index is 1.95. The quantitative estimate of drug-likeness (QED) is 0.283. The highest BCUT2D eigenvalue weighted by Gasteiger charge is 2.34. The van der Waals surface area contributed by atoms with E-state index in [2.05, 4.69) is 20.9 Å². The zero-order valence-electron chi connectivity index (χ0n) is 21.4. The predicted octanol–water partition coefficient (Wildman–Crippen LogP) is 4.67. The number of carbonyl (C=O) groups excluding carboxylic acids is 1. The first-order valence-electron chi connectivity index (χ1n) is 11.8. The molecule has 2 aromatic carbocycles. The van der Waals surface area contributed by atoms with Crippen molar-refractivity contribution in [2.75, 3.05) is 13.7 Å². The molecule has 0 spiro atoms. The largest absolute Gasteiger partial charge is 0.506 e. The summed E-state index contributed by atoms with van der Waals surface area (Å²) >= 11 is 6.61. The number of benzene rings is 2. The fourth-order valence-electron chi connectivity index (χ4n) is 4.13. The Bertz CT molecular complexity index is 1600. The van der Waals surface area contributed by atoms with E-state index in [4.69, 9.17) is 14.2 Å². The van der Waals surface area contributed by atoms with Crippen LogP contribution < -0.4 is 24.4 Å². The van der Waals surface area contributed by atoms with E-state index in [9.17, 15) is 14.7 Å². The number of allylic oxidation sites excluding steroid dienone is 1. The molecule has 3 aromatic rings. The Morgan fingerprint density at radius 3 is 2.66 bits per heavy atom. The van der Waals surface area contributed by atoms with E-state index in [-0.39, 0.29) is 29.6 Å². The van der Waals surface area contributed by atoms with Gasteiger partial charge in [-0.3, -0.25) is 9.36 Å². The molecule has 11 heteroatoms. The summed E-state index contributed by atoms with van der Waals surface area (Å²) in [5.74, 6) is 0.647. The second-order valence-corrected chi connectivity index (χ2v) is 11.7. The van der Waals surface area contributed by atoms with Crippen LogP contribution in [0.1, 0.15) is 44.9 Å². The Morgan fingerprint density at radius 1 is 1.29 bits per heavy atom. The number of carbonyl (C=O) groups is 1. The zero-order chi connectivity index (χ0) is 27.7. The summed E-state index contributed by atoms with van der Waals surface area (Å²) in [6.07, 6.45) is 1.68. The van der Waals surface area contributed by atoms with Crippen molar-refractivity contribution in [2.24, 2.45) is 4.99 Å². The molecule has 0 aliphatic carbocycles. The van der Waals surface area contributed by atoms with E-state index in [0.29, 0.717) is 40.1 Å². The second kappa shape index (κ2) is 11.6. The van der Waals surface area contributed by atoms with Crippen LogP contribution in [0.3, 0.4) is 0 Å². The molecule has 0 amide bonds. The molecule has 4 rings (SSSR count). The van der Waals surface area contributed by atoms with Crippen molar-refractivity contribution in [3.63, 3.8) is 0 Å². The van der Waals surface area contributed by atoms with Gasteiger partial charge in [-0.15, -0.1) is 0 Å². The lowest BCUT2D eigenvalue weighted by atomic mass is 9.95. The van der Waals surface area contributed by atoms with Gasteiger partial charge in [0.25, 0.3) is 5.56 Å². The van der Waals surface area contributed by atoms with Gasteiger partial charge in [-0.25, -0.2) is 9.79 Å². The third-order valence-electron chi connectivity index (χ3n) is 5.72. The van der Waals surface area contributed by atoms with Crippen molar-refractivity contribution < 1.29 is 24.1 Å². The normalized spacial score (nSPS) is 15.4. The van der Waals surface area contributed by atoms with Crippen LogP contribution in [0.2, 0.25) is 0 Å². The molecule has 0 bridgehead atoms. The van der Waals surface area contributed by atoms with E-state index in [0.717, 1.165) is 5.56 Å². The maximum absolute atomic E-state index is 13.8. The highest BCUT2D eigenvalue weighted by atomic mass is 127. The number of hydrogen-bond acceptors (Lipinski definition) is 8. The van der Waals surface area contributed by atoms with Gasteiger partial charge < -0.3 is 19.3 Å². The van der Waals surface area contributed by atoms with E-state index in [1.165, 1.54) is 15.9 Å². The summed E-state index contributed by atoms with van der Waals surface area (Å²) < 4.78 is 19.9. The van der Waals surface area contributed by atoms with Gasteiger partial charge in [-0.05, 0) is 108 Å². The van der Waals surface area contributed by atoms with Crippen molar-refractivity contribution in [2.45, 2.75) is 39.8 Å². The number of phenols is 1. The summed E-state index contributed by atoms with van der Waals surface area (Å²) in [5.41, 5.74) is 1.86. The fraction of sp³-hybridized carbons (Fsp3) is 0.296. The molecule has 0 saturated heterocycles. The molecular weight excluding hydrogens is 687 g/mol. The molecule has 38 heavy (non-hydrogen) atoms. The fourth-order valence-corrected chi connectivity index (χ4v) is 6.68. The molecule has 8 nitrogen and oxygen atoms in total. The third-order valence-corrected chi connectivity index (χ3v) is 8.13. The third kappa shape index (κ3) is 5.55. The maximum atomic E-state index is 13.8. The van der Waals surface area contributed by atoms with Crippen molar-refractivity contribution in [3.8, 4) is 17.2 Å². The van der Waals surface area contributed by atoms with Gasteiger partial charge in [-0.2, -0.15) is 0 Å². The predicted molar refractivity (Wildman–Crippen MR) is 158 cm³/mol. The van der Waals surface area contributed by atoms with Crippen LogP contribution in [0.4, 0.5) is 0 Å². The van der Waals surface area contributed by atoms with Crippen LogP contribution in [0, 0.1) is 3.57 Å². The van der Waals surface area contributed by atoms with Gasteiger partial charge in [-0.1, -0.05) is 17.4 Å². The van der Waals surface area contributed by atoms with E-state index < -0.39 is 12.0 Å². The topological polar surface area (TPSA) is 99.4 Å². The Kier molecular flexibility index (Phi) is 8.68. The summed E-state index contributed by atoms with van der Waals surface area (Å²) in [6, 6.07) is 8.11. The zero-order valence-corrected chi connectivity index (χ0v) is 25.9. The molecule has 2 heterocycles. The number of methoxy groups -OCH3 is 1. The monoisotopic (exact) mass is 712 g/mol. The number of nitrogens with zero attached hydrogens (tertiary/aromatic N) is 2. The Labute approximate surface area is 245 Å². The van der Waals surface area contributed by atoms with Crippen molar-refractivity contribution in [3.05, 3.63) is 80.5 Å². The molecule has 0 unspecified atom stereocenters. The van der Waals surface area contributed by atoms with Crippen LogP contribution in [-0.2, 0) is 9.53 Å². The van der Waals surface area contributed by atoms with E-state index in [1.807, 2.05) is 42.5 Å². The van der Waals surface area contributed by atoms with Gasteiger partial charge in [0.2, 0.25) is 0 Å². The lowest BCUT2D eigenvalue weighted by Gasteiger charge is -2.25. The van der Waals surface area contributed by atoms with Crippen molar-refractivity contribution >= 4 is 61.9 Å². The molecule has 200 valence electrons. The van der Waals surface area contributed by atoms with Crippen LogP contribution in [0.25, 0.3) is 6.08 Å². The van der Waals surface area contributed by atoms with Gasteiger partial charge in [0.05, 0.1) is 49.7 Å². The number of aromatic hydroxyl groups is 1. The molecule has 1 aliphatic rings. The molecule has 1 aromatic heterocycles.